The highest BCUT2D eigenvalue weighted by Gasteiger charge is 2.29. The molecule has 0 saturated heterocycles. The van der Waals surface area contributed by atoms with E-state index in [9.17, 15) is 14.9 Å². The highest BCUT2D eigenvalue weighted by atomic mass is 35.5. The topological polar surface area (TPSA) is 85.6 Å². The van der Waals surface area contributed by atoms with Crippen LogP contribution in [0, 0.1) is 10.1 Å². The number of hydrogen-bond donors (Lipinski definition) is 0. The largest absolute Gasteiger partial charge is 0.443 e. The Balaban J connectivity index is 2.58. The molecule has 2 rings (SSSR count). The second-order valence-electron chi connectivity index (χ2n) is 5.89. The summed E-state index contributed by atoms with van der Waals surface area (Å²) < 4.78 is 5.40. The highest BCUT2D eigenvalue weighted by Crippen LogP contribution is 2.38. The maximum Gasteiger partial charge on any atom is 0.419 e. The van der Waals surface area contributed by atoms with Crippen LogP contribution in [-0.2, 0) is 4.74 Å². The SMILES string of the molecule is CC(C)(C)OC(=O)N(c1ccncc1)c1cccc([N+](=O)[O-])c1Cl. The Morgan fingerprint density at radius 3 is 2.42 bits per heavy atom. The molecule has 0 N–H and O–H groups in total. The first-order valence-electron chi connectivity index (χ1n) is 7.07. The number of nitrogens with zero attached hydrogens (tertiary/aromatic N) is 3. The van der Waals surface area contributed by atoms with Crippen LogP contribution in [0.15, 0.2) is 42.7 Å². The minimum atomic E-state index is -0.741. The summed E-state index contributed by atoms with van der Waals surface area (Å²) in [7, 11) is 0. The average Bonchev–Trinajstić information content (AvgIpc) is 2.48. The van der Waals surface area contributed by atoms with Crippen molar-refractivity contribution in [1.82, 2.24) is 4.98 Å². The van der Waals surface area contributed by atoms with Gasteiger partial charge in [-0.1, -0.05) is 17.7 Å². The normalized spacial score (nSPS) is 11.0. The Hall–Kier alpha value is -2.67. The molecule has 1 aromatic heterocycles. The molecule has 126 valence electrons. The standard InChI is InChI=1S/C16H16ClN3O4/c1-16(2,3)24-15(21)19(11-7-9-18-10-8-11)12-5-4-6-13(14(12)17)20(22)23/h4-10H,1-3H3. The van der Waals surface area contributed by atoms with Crippen LogP contribution in [0.1, 0.15) is 20.8 Å². The van der Waals surface area contributed by atoms with Crippen LogP contribution in [-0.4, -0.2) is 21.6 Å². The number of carbonyl (C=O) groups is 1. The van der Waals surface area contributed by atoms with Gasteiger partial charge in [-0.25, -0.2) is 9.69 Å². The monoisotopic (exact) mass is 349 g/mol. The number of halogens is 1. The second kappa shape index (κ2) is 6.84. The van der Waals surface area contributed by atoms with Gasteiger partial charge in [0.1, 0.15) is 10.6 Å². The smallest absolute Gasteiger partial charge is 0.419 e. The number of hydrogen-bond acceptors (Lipinski definition) is 5. The Morgan fingerprint density at radius 1 is 1.25 bits per heavy atom. The lowest BCUT2D eigenvalue weighted by atomic mass is 10.2. The average molecular weight is 350 g/mol. The van der Waals surface area contributed by atoms with Gasteiger partial charge in [-0.3, -0.25) is 15.1 Å². The molecule has 8 heteroatoms. The number of anilines is 2. The van der Waals surface area contributed by atoms with Crippen LogP contribution >= 0.6 is 11.6 Å². The second-order valence-corrected chi connectivity index (χ2v) is 6.27. The van der Waals surface area contributed by atoms with Gasteiger partial charge >= 0.3 is 6.09 Å². The molecule has 0 atom stereocenters. The molecular weight excluding hydrogens is 334 g/mol. The fourth-order valence-electron chi connectivity index (χ4n) is 1.97. The molecule has 0 fully saturated rings. The zero-order chi connectivity index (χ0) is 17.9. The van der Waals surface area contributed by atoms with E-state index < -0.39 is 16.6 Å². The minimum absolute atomic E-state index is 0.148. The van der Waals surface area contributed by atoms with E-state index in [2.05, 4.69) is 4.98 Å². The number of ether oxygens (including phenoxy) is 1. The summed E-state index contributed by atoms with van der Waals surface area (Å²) in [5.41, 5.74) is -0.444. The molecular formula is C16H16ClN3O4. The maximum absolute atomic E-state index is 12.6. The summed E-state index contributed by atoms with van der Waals surface area (Å²) in [5, 5.41) is 11.0. The van der Waals surface area contributed by atoms with Crippen LogP contribution in [0.2, 0.25) is 5.02 Å². The van der Waals surface area contributed by atoms with Crippen molar-refractivity contribution in [3.8, 4) is 0 Å². The molecule has 0 radical (unpaired) electrons. The summed E-state index contributed by atoms with van der Waals surface area (Å²) >= 11 is 6.16. The van der Waals surface area contributed by atoms with E-state index in [0.29, 0.717) is 5.69 Å². The van der Waals surface area contributed by atoms with E-state index in [1.54, 1.807) is 32.9 Å². The Labute approximate surface area is 144 Å². The van der Waals surface area contributed by atoms with Crippen molar-refractivity contribution in [2.24, 2.45) is 0 Å². The molecule has 24 heavy (non-hydrogen) atoms. The van der Waals surface area contributed by atoms with Crippen molar-refractivity contribution in [3.63, 3.8) is 0 Å². The van der Waals surface area contributed by atoms with E-state index >= 15 is 0 Å². The third kappa shape index (κ3) is 3.99. The fourth-order valence-corrected chi connectivity index (χ4v) is 2.24. The van der Waals surface area contributed by atoms with E-state index in [-0.39, 0.29) is 16.4 Å². The molecule has 0 bridgehead atoms. The number of benzene rings is 1. The van der Waals surface area contributed by atoms with Gasteiger partial charge in [0.25, 0.3) is 5.69 Å². The number of carbonyl (C=O) groups excluding carboxylic acids is 1. The number of nitro benzene ring substituents is 1. The lowest BCUT2D eigenvalue weighted by molar-refractivity contribution is -0.384. The molecule has 1 aromatic carbocycles. The van der Waals surface area contributed by atoms with E-state index in [4.69, 9.17) is 16.3 Å². The number of nitro groups is 1. The van der Waals surface area contributed by atoms with Crippen molar-refractivity contribution < 1.29 is 14.5 Å². The van der Waals surface area contributed by atoms with Gasteiger partial charge < -0.3 is 4.74 Å². The number of rotatable bonds is 3. The molecule has 1 amide bonds. The van der Waals surface area contributed by atoms with Crippen LogP contribution in [0.5, 0.6) is 0 Å². The lowest BCUT2D eigenvalue weighted by Gasteiger charge is -2.27. The number of pyridine rings is 1. The van der Waals surface area contributed by atoms with Crippen LogP contribution < -0.4 is 4.90 Å². The predicted molar refractivity (Wildman–Crippen MR) is 90.7 cm³/mol. The molecule has 0 aliphatic carbocycles. The first-order valence-corrected chi connectivity index (χ1v) is 7.44. The molecule has 0 aliphatic rings. The van der Waals surface area contributed by atoms with Crippen LogP contribution in [0.4, 0.5) is 21.9 Å². The molecule has 0 unspecified atom stereocenters. The van der Waals surface area contributed by atoms with Gasteiger partial charge in [-0.05, 0) is 39.0 Å². The fraction of sp³-hybridized carbons (Fsp3) is 0.250. The Morgan fingerprint density at radius 2 is 1.88 bits per heavy atom. The first kappa shape index (κ1) is 17.7. The number of aromatic nitrogens is 1. The lowest BCUT2D eigenvalue weighted by Crippen LogP contribution is -2.34. The predicted octanol–water partition coefficient (Wildman–Crippen LogP) is 4.72. The zero-order valence-corrected chi connectivity index (χ0v) is 14.1. The summed E-state index contributed by atoms with van der Waals surface area (Å²) in [5.74, 6) is 0. The molecule has 0 spiro atoms. The van der Waals surface area contributed by atoms with Gasteiger partial charge in [0.05, 0.1) is 16.3 Å². The Bertz CT molecular complexity index is 760. The third-order valence-corrected chi connectivity index (χ3v) is 3.28. The summed E-state index contributed by atoms with van der Waals surface area (Å²) in [6, 6.07) is 7.40. The molecule has 0 saturated carbocycles. The maximum atomic E-state index is 12.6. The third-order valence-electron chi connectivity index (χ3n) is 2.89. The van der Waals surface area contributed by atoms with Crippen molar-refractivity contribution >= 4 is 34.8 Å². The van der Waals surface area contributed by atoms with Gasteiger partial charge in [0, 0.05) is 18.5 Å². The quantitative estimate of drug-likeness (QED) is 0.591. The molecule has 2 aromatic rings. The number of amides is 1. The minimum Gasteiger partial charge on any atom is -0.443 e. The van der Waals surface area contributed by atoms with Crippen molar-refractivity contribution in [2.75, 3.05) is 4.90 Å². The van der Waals surface area contributed by atoms with Crippen molar-refractivity contribution in [1.29, 1.82) is 0 Å². The molecule has 7 nitrogen and oxygen atoms in total. The summed E-state index contributed by atoms with van der Waals surface area (Å²) in [6.07, 6.45) is 2.30. The van der Waals surface area contributed by atoms with E-state index in [1.807, 2.05) is 0 Å². The van der Waals surface area contributed by atoms with Crippen LogP contribution in [0.25, 0.3) is 0 Å². The van der Waals surface area contributed by atoms with Gasteiger partial charge in [-0.15, -0.1) is 0 Å². The summed E-state index contributed by atoms with van der Waals surface area (Å²) in [4.78, 5) is 28.2. The van der Waals surface area contributed by atoms with Crippen molar-refractivity contribution in [2.45, 2.75) is 26.4 Å². The van der Waals surface area contributed by atoms with Crippen LogP contribution in [0.3, 0.4) is 0 Å². The van der Waals surface area contributed by atoms with Gasteiger partial charge in [0.15, 0.2) is 0 Å². The molecule has 0 aliphatic heterocycles. The first-order chi connectivity index (χ1) is 11.2. The van der Waals surface area contributed by atoms with E-state index in [0.717, 1.165) is 0 Å². The highest BCUT2D eigenvalue weighted by molar-refractivity contribution is 6.36. The van der Waals surface area contributed by atoms with E-state index in [1.165, 1.54) is 35.5 Å². The molecule has 1 heterocycles. The van der Waals surface area contributed by atoms with Gasteiger partial charge in [-0.2, -0.15) is 0 Å². The van der Waals surface area contributed by atoms with Crippen molar-refractivity contribution in [3.05, 3.63) is 57.9 Å². The summed E-state index contributed by atoms with van der Waals surface area (Å²) in [6.45, 7) is 5.18. The Kier molecular flexibility index (Phi) is 5.04. The van der Waals surface area contributed by atoms with Gasteiger partial charge in [0.2, 0.25) is 0 Å². The zero-order valence-electron chi connectivity index (χ0n) is 13.4.